The first kappa shape index (κ1) is 76.5. The van der Waals surface area contributed by atoms with Crippen LogP contribution in [-0.2, 0) is 81.8 Å². The van der Waals surface area contributed by atoms with Gasteiger partial charge in [0.15, 0.2) is 0 Å². The van der Waals surface area contributed by atoms with Crippen molar-refractivity contribution in [2.45, 2.75) is 168 Å². The molecule has 28 nitrogen and oxygen atoms in total. The number of halogens is 2. The number of nitrogens with zero attached hydrogens (tertiary/aromatic N) is 1. The van der Waals surface area contributed by atoms with Crippen LogP contribution in [0.15, 0.2) is 73.1 Å². The van der Waals surface area contributed by atoms with E-state index in [0.29, 0.717) is 104 Å². The number of ether oxygens (including phenoxy) is 1. The van der Waals surface area contributed by atoms with Crippen molar-refractivity contribution in [2.75, 3.05) is 51.5 Å². The molecule has 10 amide bonds. The molecule has 2 aromatic heterocycles. The minimum atomic E-state index is -1.97. The molecule has 0 spiro atoms. The molecule has 32 heteroatoms. The van der Waals surface area contributed by atoms with Crippen molar-refractivity contribution in [1.82, 2.24) is 68.0 Å². The number of fused-ring (bicyclic) bond motifs is 5. The van der Waals surface area contributed by atoms with Gasteiger partial charge in [0, 0.05) is 109 Å². The van der Waals surface area contributed by atoms with Crippen LogP contribution in [0.1, 0.15) is 106 Å². The van der Waals surface area contributed by atoms with Crippen LogP contribution in [-0.4, -0.2) is 197 Å². The highest BCUT2D eigenvalue weighted by molar-refractivity contribution is 7.98. The van der Waals surface area contributed by atoms with E-state index in [0.717, 1.165) is 11.1 Å². The lowest BCUT2D eigenvalue weighted by Gasteiger charge is -2.34. The van der Waals surface area contributed by atoms with Crippen LogP contribution in [0.5, 0.6) is 0 Å². The average molecular weight is 1440 g/mol. The topological polar surface area (TPSA) is 424 Å². The van der Waals surface area contributed by atoms with Crippen LogP contribution in [0.4, 0.5) is 8.78 Å². The van der Waals surface area contributed by atoms with E-state index in [1.165, 1.54) is 77.2 Å². The number of thioether (sulfide) groups is 2. The van der Waals surface area contributed by atoms with Crippen molar-refractivity contribution in [3.05, 3.63) is 107 Å². The number of H-pyrrole nitrogens is 2. The number of primary amides is 1. The van der Waals surface area contributed by atoms with Gasteiger partial charge in [0.05, 0.1) is 19.1 Å². The summed E-state index contributed by atoms with van der Waals surface area (Å²) < 4.78 is 35.5. The van der Waals surface area contributed by atoms with Gasteiger partial charge in [-0.3, -0.25) is 52.7 Å². The second-order valence-corrected chi connectivity index (χ2v) is 28.3. The lowest BCUT2D eigenvalue weighted by atomic mass is 9.83. The van der Waals surface area contributed by atoms with Gasteiger partial charge >= 0.3 is 5.97 Å². The Hall–Kier alpha value is -8.69. The van der Waals surface area contributed by atoms with Gasteiger partial charge < -0.3 is 89.3 Å². The number of hydrogen-bond acceptors (Lipinski definition) is 17. The lowest BCUT2D eigenvalue weighted by Crippen LogP contribution is -2.61. The summed E-state index contributed by atoms with van der Waals surface area (Å²) >= 11 is 2.84. The molecule has 1 saturated carbocycles. The number of nitrogens with two attached hydrogens (primary N) is 2. The zero-order valence-electron chi connectivity index (χ0n) is 56.3. The molecule has 9 atom stereocenters. The number of aliphatic carboxylic acids is 1. The van der Waals surface area contributed by atoms with Crippen LogP contribution in [0.25, 0.3) is 21.8 Å². The number of hydrogen-bond donors (Lipinski definition) is 15. The van der Waals surface area contributed by atoms with E-state index in [4.69, 9.17) is 16.2 Å². The Bertz CT molecular complexity index is 3770. The SMILES string of the molecule is COC1CCC(C[C@@H]2NC(=O)[C@H](CC3CNCN3)NC(=O)[C@H](CC(=O)O)NC(=O)[C@H](Cc3c[nH]c4ccc(F)cc34)NC(=O)[C@H](Cc3c[nH]c4ccc(F)cc34)NC(=O)CNC(=O)[C@H](CCCCN)NC(=O)CCSCc3cccc(c3)CSC[C@@H](C(N)=O)NC(=O)[C@@H]3CCCN3C2=O)CC1. The summed E-state index contributed by atoms with van der Waals surface area (Å²) in [4.78, 5) is 164. The van der Waals surface area contributed by atoms with Gasteiger partial charge in [-0.2, -0.15) is 23.5 Å². The second kappa shape index (κ2) is 37.3. The number of rotatable bonds is 16. The molecular formula is C69H91F2N15O13S2. The number of carboxylic acids is 1. The van der Waals surface area contributed by atoms with Crippen molar-refractivity contribution in [3.63, 3.8) is 0 Å². The fourth-order valence-corrected chi connectivity index (χ4v) is 15.2. The molecule has 1 unspecified atom stereocenters. The quantitative estimate of drug-likeness (QED) is 0.0621. The van der Waals surface area contributed by atoms with E-state index >= 15 is 19.2 Å². The van der Waals surface area contributed by atoms with E-state index in [2.05, 4.69) is 63.1 Å². The Balaban J connectivity index is 1.04. The molecule has 5 aromatic rings. The van der Waals surface area contributed by atoms with Gasteiger partial charge in [-0.1, -0.05) is 24.3 Å². The first-order valence-electron chi connectivity index (χ1n) is 34.2. The number of amides is 10. The molecule has 3 aliphatic heterocycles. The molecule has 546 valence electrons. The maximum atomic E-state index is 15.2. The largest absolute Gasteiger partial charge is 0.481 e. The summed E-state index contributed by atoms with van der Waals surface area (Å²) in [6, 6.07) is 3.57. The Kier molecular flexibility index (Phi) is 28.2. The molecular weight excluding hydrogens is 1350 g/mol. The smallest absolute Gasteiger partial charge is 0.305 e. The predicted octanol–water partition coefficient (Wildman–Crippen LogP) is 1.38. The standard InChI is InChI=1S/C69H91F2N15O13S2/c1-99-46-14-10-38(11-15-46)23-56-69(98)86-20-5-9-58(86)68(97)85-57(62(73)91)36-101-35-40-7-4-6-39(22-40)34-100-21-18-59(87)79-51(8-2-3-19-72)63(92)77-33-60(88)80-52(24-41-30-75-49-16-12-43(70)26-47(41)49)64(93)81-53(25-42-31-76-50-17-13-44(71)27-48(42)50)65(94)83-55(29-61(89)90)67(96)82-54(66(95)84-56)28-45-32-74-37-78-45/h4,6-7,12-13,16-17,22,26-27,30-31,38,45-46,51-58,74-76,78H,2-3,5,8-11,14-15,18-21,23-25,28-29,32-37,72H2,1H3,(H2,73,91)(H,77,92)(H,79,87)(H,80,88)(H,81,93)(H,82,96)(H,83,94)(H,84,95)(H,85,97)(H,89,90)/t38?,45?,46?,51-,52-,53-,54-,55-,56-,57-,58-/m0/s1. The highest BCUT2D eigenvalue weighted by atomic mass is 32.2. The molecule has 4 aliphatic rings. The molecule has 2 saturated heterocycles. The summed E-state index contributed by atoms with van der Waals surface area (Å²) in [6.45, 7) is 0.355. The monoisotopic (exact) mass is 1440 g/mol. The number of nitrogens with one attached hydrogen (secondary N) is 12. The molecule has 101 heavy (non-hydrogen) atoms. The van der Waals surface area contributed by atoms with Crippen molar-refractivity contribution in [1.29, 1.82) is 0 Å². The number of carboxylic acid groups (broad SMARTS) is 1. The van der Waals surface area contributed by atoms with Crippen molar-refractivity contribution < 1.29 is 71.4 Å². The third-order valence-electron chi connectivity index (χ3n) is 18.8. The van der Waals surface area contributed by atoms with Crippen LogP contribution >= 0.6 is 23.5 Å². The van der Waals surface area contributed by atoms with Crippen LogP contribution in [0.3, 0.4) is 0 Å². The number of unbranched alkanes of at least 4 members (excludes halogenated alkanes) is 1. The van der Waals surface area contributed by atoms with E-state index in [-0.39, 0.29) is 73.8 Å². The second-order valence-electron chi connectivity index (χ2n) is 26.2. The van der Waals surface area contributed by atoms with Gasteiger partial charge in [-0.05, 0) is 142 Å². The van der Waals surface area contributed by atoms with Gasteiger partial charge in [0.2, 0.25) is 59.1 Å². The van der Waals surface area contributed by atoms with E-state index in [1.807, 2.05) is 24.3 Å². The summed E-state index contributed by atoms with van der Waals surface area (Å²) in [6.07, 6.45) is 5.45. The first-order valence-corrected chi connectivity index (χ1v) is 36.5. The minimum absolute atomic E-state index is 0.0191. The average Bonchev–Trinajstić information content (AvgIpc) is 1.72. The molecule has 0 radical (unpaired) electrons. The molecule has 3 fully saturated rings. The third-order valence-corrected chi connectivity index (χ3v) is 20.9. The Morgan fingerprint density at radius 3 is 1.88 bits per heavy atom. The number of carbonyl (C=O) groups is 11. The van der Waals surface area contributed by atoms with E-state index in [1.54, 1.807) is 7.11 Å². The summed E-state index contributed by atoms with van der Waals surface area (Å²) in [7, 11) is 1.62. The molecule has 5 heterocycles. The highest BCUT2D eigenvalue weighted by Crippen LogP contribution is 2.32. The normalized spacial score (nSPS) is 25.9. The summed E-state index contributed by atoms with van der Waals surface area (Å²) in [5, 5.41) is 38.8. The van der Waals surface area contributed by atoms with Crippen molar-refractivity contribution in [2.24, 2.45) is 17.4 Å². The van der Waals surface area contributed by atoms with Crippen LogP contribution in [0.2, 0.25) is 0 Å². The number of methoxy groups -OCH3 is 1. The zero-order valence-corrected chi connectivity index (χ0v) is 57.9. The summed E-state index contributed by atoms with van der Waals surface area (Å²) in [5.74, 6) is -9.78. The fraction of sp³-hybridized carbons (Fsp3) is 0.522. The van der Waals surface area contributed by atoms with Crippen LogP contribution in [0, 0.1) is 17.6 Å². The van der Waals surface area contributed by atoms with Crippen molar-refractivity contribution in [3.8, 4) is 0 Å². The predicted molar refractivity (Wildman–Crippen MR) is 375 cm³/mol. The summed E-state index contributed by atoms with van der Waals surface area (Å²) in [5.41, 5.74) is 15.0. The fourth-order valence-electron chi connectivity index (χ4n) is 13.3. The Labute approximate surface area is 591 Å². The minimum Gasteiger partial charge on any atom is -0.481 e. The van der Waals surface area contributed by atoms with Gasteiger partial charge in [-0.15, -0.1) is 0 Å². The maximum absolute atomic E-state index is 15.2. The number of aromatic nitrogens is 2. The van der Waals surface area contributed by atoms with E-state index < -0.39 is 150 Å². The van der Waals surface area contributed by atoms with Gasteiger partial charge in [0.1, 0.15) is 60.0 Å². The molecule has 2 bridgehead atoms. The molecule has 1 aliphatic carbocycles. The number of aromatic amines is 2. The van der Waals surface area contributed by atoms with Crippen molar-refractivity contribution >= 4 is 110 Å². The first-order chi connectivity index (χ1) is 48.6. The highest BCUT2D eigenvalue weighted by Gasteiger charge is 2.42. The number of carbonyl (C=O) groups excluding carboxylic acids is 10. The maximum Gasteiger partial charge on any atom is 0.305 e. The van der Waals surface area contributed by atoms with E-state index in [9.17, 15) is 47.4 Å². The Morgan fingerprint density at radius 2 is 1.26 bits per heavy atom. The van der Waals surface area contributed by atoms with Crippen LogP contribution < -0.4 is 64.6 Å². The molecule has 9 rings (SSSR count). The third kappa shape index (κ3) is 22.2. The van der Waals surface area contributed by atoms with Gasteiger partial charge in [0.25, 0.3) is 0 Å². The van der Waals surface area contributed by atoms with Gasteiger partial charge in [-0.25, -0.2) is 8.78 Å². The lowest BCUT2D eigenvalue weighted by molar-refractivity contribution is -0.143. The molecule has 3 aromatic carbocycles. The molecule has 17 N–H and O–H groups in total. The number of benzene rings is 3. The zero-order chi connectivity index (χ0) is 72.1. The Morgan fingerprint density at radius 1 is 0.653 bits per heavy atom.